The van der Waals surface area contributed by atoms with Crippen molar-refractivity contribution in [3.8, 4) is 0 Å². The van der Waals surface area contributed by atoms with Gasteiger partial charge in [-0.1, -0.05) is 0 Å². The molecule has 0 aliphatic carbocycles. The molecule has 0 unspecified atom stereocenters. The molecule has 2 heterocycles. The summed E-state index contributed by atoms with van der Waals surface area (Å²) < 4.78 is 52.5. The number of fused-ring (bicyclic) bond motifs is 1. The summed E-state index contributed by atoms with van der Waals surface area (Å²) in [4.78, 5) is 10.8. The topological polar surface area (TPSA) is 112 Å². The number of hydrogen-bond donors (Lipinski definition) is 1. The zero-order valence-corrected chi connectivity index (χ0v) is 16.4. The first-order valence-electron chi connectivity index (χ1n) is 7.46. The predicted molar refractivity (Wildman–Crippen MR) is 96.8 cm³/mol. The van der Waals surface area contributed by atoms with Gasteiger partial charge < -0.3 is 5.11 Å². The van der Waals surface area contributed by atoms with E-state index in [0.717, 1.165) is 19.9 Å². The second kappa shape index (κ2) is 6.34. The maximum Gasteiger partial charge on any atom is 0.347 e. The van der Waals surface area contributed by atoms with E-state index in [9.17, 15) is 26.7 Å². The fraction of sp³-hybridized carbons (Fsp3) is 0.267. The summed E-state index contributed by atoms with van der Waals surface area (Å²) in [7, 11) is -4.83. The standard InChI is InChI=1S/C15H16N2O6S3/c1-16(2)25(20,21)11-3-4-12-10(9-11)5-7-17(12)26(22,23)13-6-8-24-14(13)15(18)19/h3-4,6,8-9H,5,7H2,1-2H3,(H,18,19). The van der Waals surface area contributed by atoms with Crippen molar-refractivity contribution in [2.45, 2.75) is 16.2 Å². The normalized spacial score (nSPS) is 14.7. The highest BCUT2D eigenvalue weighted by Crippen LogP contribution is 2.36. The van der Waals surface area contributed by atoms with Gasteiger partial charge in [-0.25, -0.2) is 25.9 Å². The van der Waals surface area contributed by atoms with Gasteiger partial charge in [0.15, 0.2) is 0 Å². The van der Waals surface area contributed by atoms with Crippen LogP contribution in [0.1, 0.15) is 15.2 Å². The van der Waals surface area contributed by atoms with Crippen LogP contribution >= 0.6 is 11.3 Å². The molecule has 0 amide bonds. The number of anilines is 1. The molecule has 1 aromatic heterocycles. The predicted octanol–water partition coefficient (Wildman–Crippen LogP) is 1.45. The molecule has 8 nitrogen and oxygen atoms in total. The van der Waals surface area contributed by atoms with E-state index in [-0.39, 0.29) is 21.2 Å². The van der Waals surface area contributed by atoms with Gasteiger partial charge in [-0.05, 0) is 41.6 Å². The van der Waals surface area contributed by atoms with Crippen LogP contribution in [0.25, 0.3) is 0 Å². The molecule has 0 atom stereocenters. The third kappa shape index (κ3) is 2.90. The van der Waals surface area contributed by atoms with Gasteiger partial charge in [0, 0.05) is 20.6 Å². The fourth-order valence-electron chi connectivity index (χ4n) is 2.74. The third-order valence-corrected chi connectivity index (χ3v) is 8.77. The Bertz CT molecular complexity index is 1090. The Labute approximate surface area is 155 Å². The van der Waals surface area contributed by atoms with Crippen molar-refractivity contribution >= 4 is 43.0 Å². The van der Waals surface area contributed by atoms with Crippen molar-refractivity contribution in [3.05, 3.63) is 40.1 Å². The minimum Gasteiger partial charge on any atom is -0.477 e. The molecule has 1 aliphatic rings. The van der Waals surface area contributed by atoms with Crippen molar-refractivity contribution in [2.24, 2.45) is 0 Å². The molecule has 0 saturated carbocycles. The van der Waals surface area contributed by atoms with E-state index < -0.39 is 26.0 Å². The molecule has 0 saturated heterocycles. The minimum absolute atomic E-state index is 0.0854. The van der Waals surface area contributed by atoms with Gasteiger partial charge in [-0.2, -0.15) is 0 Å². The summed E-state index contributed by atoms with van der Waals surface area (Å²) in [6, 6.07) is 5.54. The Kier molecular flexibility index (Phi) is 4.59. The summed E-state index contributed by atoms with van der Waals surface area (Å²) in [5.41, 5.74) is 0.953. The zero-order valence-electron chi connectivity index (χ0n) is 13.9. The van der Waals surface area contributed by atoms with E-state index in [0.29, 0.717) is 17.7 Å². The number of rotatable bonds is 5. The second-order valence-corrected chi connectivity index (χ2v) is 10.7. The van der Waals surface area contributed by atoms with E-state index in [4.69, 9.17) is 0 Å². The first-order chi connectivity index (χ1) is 12.1. The average Bonchev–Trinajstić information content (AvgIpc) is 3.21. The first kappa shape index (κ1) is 18.8. The Morgan fingerprint density at radius 3 is 2.50 bits per heavy atom. The van der Waals surface area contributed by atoms with Crippen molar-refractivity contribution in [3.63, 3.8) is 0 Å². The summed E-state index contributed by atoms with van der Waals surface area (Å²) >= 11 is 0.843. The average molecular weight is 417 g/mol. The Hall–Kier alpha value is -1.95. The molecular formula is C15H16N2O6S3. The summed E-state index contributed by atoms with van der Waals surface area (Å²) in [5, 5.41) is 10.6. The Balaban J connectivity index is 2.05. The lowest BCUT2D eigenvalue weighted by atomic mass is 10.2. The second-order valence-electron chi connectivity index (χ2n) is 5.82. The molecule has 3 rings (SSSR count). The lowest BCUT2D eigenvalue weighted by molar-refractivity contribution is 0.0698. The Morgan fingerprint density at radius 1 is 1.19 bits per heavy atom. The van der Waals surface area contributed by atoms with Gasteiger partial charge in [-0.3, -0.25) is 4.31 Å². The number of thiophene rings is 1. The van der Waals surface area contributed by atoms with Crippen molar-refractivity contribution < 1.29 is 26.7 Å². The van der Waals surface area contributed by atoms with E-state index in [2.05, 4.69) is 0 Å². The lowest BCUT2D eigenvalue weighted by Crippen LogP contribution is -2.29. The summed E-state index contributed by atoms with van der Waals surface area (Å²) in [6.45, 7) is 0.123. The molecule has 0 bridgehead atoms. The van der Waals surface area contributed by atoms with E-state index in [1.807, 2.05) is 0 Å². The van der Waals surface area contributed by atoms with Gasteiger partial charge in [0.2, 0.25) is 10.0 Å². The molecule has 0 fully saturated rings. The number of benzene rings is 1. The SMILES string of the molecule is CN(C)S(=O)(=O)c1ccc2c(c1)CCN2S(=O)(=O)c1ccsc1C(=O)O. The fourth-order valence-corrected chi connectivity index (χ4v) is 6.44. The maximum atomic E-state index is 12.9. The van der Waals surface area contributed by atoms with Crippen LogP contribution in [-0.4, -0.2) is 52.9 Å². The van der Waals surface area contributed by atoms with Gasteiger partial charge in [0.25, 0.3) is 10.0 Å². The van der Waals surface area contributed by atoms with Crippen LogP contribution in [0.4, 0.5) is 5.69 Å². The molecule has 0 spiro atoms. The number of carbonyl (C=O) groups is 1. The van der Waals surface area contributed by atoms with Crippen LogP contribution < -0.4 is 4.31 Å². The largest absolute Gasteiger partial charge is 0.477 e. The minimum atomic E-state index is -4.05. The van der Waals surface area contributed by atoms with Gasteiger partial charge in [-0.15, -0.1) is 11.3 Å². The number of carboxylic acid groups (broad SMARTS) is 1. The number of sulfonamides is 2. The monoisotopic (exact) mass is 416 g/mol. The highest BCUT2D eigenvalue weighted by molar-refractivity contribution is 7.93. The van der Waals surface area contributed by atoms with Crippen molar-refractivity contribution in [1.82, 2.24) is 4.31 Å². The lowest BCUT2D eigenvalue weighted by Gasteiger charge is -2.20. The van der Waals surface area contributed by atoms with Crippen LogP contribution in [0.3, 0.4) is 0 Å². The molecule has 140 valence electrons. The maximum absolute atomic E-state index is 12.9. The highest BCUT2D eigenvalue weighted by atomic mass is 32.2. The third-order valence-electron chi connectivity index (χ3n) is 4.07. The number of nitrogens with zero attached hydrogens (tertiary/aromatic N) is 2. The molecule has 2 aromatic rings. The van der Waals surface area contributed by atoms with E-state index >= 15 is 0 Å². The smallest absolute Gasteiger partial charge is 0.347 e. The van der Waals surface area contributed by atoms with Gasteiger partial charge in [0.05, 0.1) is 10.6 Å². The van der Waals surface area contributed by atoms with Crippen LogP contribution in [0, 0.1) is 0 Å². The van der Waals surface area contributed by atoms with E-state index in [1.54, 1.807) is 0 Å². The summed E-state index contributed by atoms with van der Waals surface area (Å²) in [6.07, 6.45) is 0.345. The van der Waals surface area contributed by atoms with Crippen molar-refractivity contribution in [1.29, 1.82) is 0 Å². The number of carboxylic acids is 1. The van der Waals surface area contributed by atoms with Gasteiger partial charge >= 0.3 is 5.97 Å². The number of hydrogen-bond acceptors (Lipinski definition) is 6. The molecule has 26 heavy (non-hydrogen) atoms. The van der Waals surface area contributed by atoms with Crippen LogP contribution in [0.2, 0.25) is 0 Å². The van der Waals surface area contributed by atoms with Crippen LogP contribution in [0.15, 0.2) is 39.4 Å². The molecule has 1 aliphatic heterocycles. The van der Waals surface area contributed by atoms with E-state index in [1.165, 1.54) is 43.7 Å². The highest BCUT2D eigenvalue weighted by Gasteiger charge is 2.35. The molecule has 1 aromatic carbocycles. The zero-order chi connectivity index (χ0) is 19.3. The summed E-state index contributed by atoms with van der Waals surface area (Å²) in [5.74, 6) is -1.30. The molecule has 0 radical (unpaired) electrons. The molecule has 1 N–H and O–H groups in total. The quantitative estimate of drug-likeness (QED) is 0.789. The van der Waals surface area contributed by atoms with Crippen LogP contribution in [-0.2, 0) is 26.5 Å². The van der Waals surface area contributed by atoms with Crippen molar-refractivity contribution in [2.75, 3.05) is 24.9 Å². The van der Waals surface area contributed by atoms with Crippen LogP contribution in [0.5, 0.6) is 0 Å². The molecule has 11 heteroatoms. The first-order valence-corrected chi connectivity index (χ1v) is 11.2. The number of aromatic carboxylic acids is 1. The Morgan fingerprint density at radius 2 is 1.88 bits per heavy atom. The molecular weight excluding hydrogens is 400 g/mol. The van der Waals surface area contributed by atoms with Gasteiger partial charge in [0.1, 0.15) is 9.77 Å².